The van der Waals surface area contributed by atoms with Crippen molar-refractivity contribution >= 4 is 17.2 Å². The zero-order chi connectivity index (χ0) is 13.7. The number of amides is 1. The van der Waals surface area contributed by atoms with Gasteiger partial charge in [-0.15, -0.1) is 11.3 Å². The van der Waals surface area contributed by atoms with E-state index in [1.807, 2.05) is 35.7 Å². The molecule has 0 saturated heterocycles. The number of nitrogens with two attached hydrogens (primary N) is 1. The first-order valence-corrected chi connectivity index (χ1v) is 7.18. The number of hydrogen-bond donors (Lipinski definition) is 2. The summed E-state index contributed by atoms with van der Waals surface area (Å²) in [7, 11) is 0. The molecule has 0 radical (unpaired) electrons. The van der Waals surface area contributed by atoms with Gasteiger partial charge in [0.05, 0.1) is 12.1 Å². The lowest BCUT2D eigenvalue weighted by Gasteiger charge is -2.19. The van der Waals surface area contributed by atoms with Gasteiger partial charge in [0.1, 0.15) is 0 Å². The Hall–Kier alpha value is -1.65. The maximum Gasteiger partial charge on any atom is 0.237 e. The van der Waals surface area contributed by atoms with Gasteiger partial charge in [-0.25, -0.2) is 0 Å². The zero-order valence-corrected chi connectivity index (χ0v) is 11.7. The highest BCUT2D eigenvalue weighted by atomic mass is 32.1. The van der Waals surface area contributed by atoms with Crippen LogP contribution in [0.4, 0.5) is 0 Å². The normalized spacial score (nSPS) is 13.8. The molecule has 100 valence electrons. The van der Waals surface area contributed by atoms with E-state index in [0.29, 0.717) is 0 Å². The highest BCUT2D eigenvalue weighted by Gasteiger charge is 2.18. The summed E-state index contributed by atoms with van der Waals surface area (Å²) < 4.78 is 0. The Bertz CT molecular complexity index is 508. The Morgan fingerprint density at radius 2 is 2.00 bits per heavy atom. The van der Waals surface area contributed by atoms with Crippen LogP contribution in [0.5, 0.6) is 0 Å². The van der Waals surface area contributed by atoms with Crippen LogP contribution in [0.25, 0.3) is 0 Å². The summed E-state index contributed by atoms with van der Waals surface area (Å²) in [6, 6.07) is 13.7. The van der Waals surface area contributed by atoms with E-state index in [2.05, 4.69) is 17.4 Å². The molecule has 3 nitrogen and oxygen atoms in total. The molecule has 19 heavy (non-hydrogen) atoms. The number of carbonyl (C=O) groups excluding carboxylic acids is 1. The number of benzene rings is 1. The first kappa shape index (κ1) is 13.8. The molecule has 1 unspecified atom stereocenters. The molecule has 0 aliphatic rings. The van der Waals surface area contributed by atoms with Crippen LogP contribution in [0.1, 0.15) is 23.4 Å². The molecular weight excluding hydrogens is 256 g/mol. The van der Waals surface area contributed by atoms with E-state index in [1.54, 1.807) is 18.3 Å². The van der Waals surface area contributed by atoms with E-state index in [9.17, 15) is 4.79 Å². The van der Waals surface area contributed by atoms with E-state index in [1.165, 1.54) is 5.56 Å². The Balaban J connectivity index is 2.13. The van der Waals surface area contributed by atoms with Gasteiger partial charge >= 0.3 is 0 Å². The summed E-state index contributed by atoms with van der Waals surface area (Å²) in [6.45, 7) is 1.70. The SMILES string of the molecule is C[C@H](N)C(=O)NC(Cc1ccccc1)c1cccs1. The average Bonchev–Trinajstić information content (AvgIpc) is 2.92. The van der Waals surface area contributed by atoms with Crippen LogP contribution >= 0.6 is 11.3 Å². The number of nitrogens with one attached hydrogen (secondary N) is 1. The van der Waals surface area contributed by atoms with Crippen LogP contribution in [0, 0.1) is 0 Å². The summed E-state index contributed by atoms with van der Waals surface area (Å²) in [5.74, 6) is -0.116. The maximum absolute atomic E-state index is 11.8. The number of rotatable bonds is 5. The number of carbonyl (C=O) groups is 1. The fourth-order valence-electron chi connectivity index (χ4n) is 1.87. The van der Waals surface area contributed by atoms with E-state index in [4.69, 9.17) is 5.73 Å². The van der Waals surface area contributed by atoms with Crippen LogP contribution in [0.15, 0.2) is 47.8 Å². The van der Waals surface area contributed by atoms with Crippen LogP contribution < -0.4 is 11.1 Å². The lowest BCUT2D eigenvalue weighted by molar-refractivity contribution is -0.122. The Labute approximate surface area is 117 Å². The molecule has 0 bridgehead atoms. The average molecular weight is 274 g/mol. The third kappa shape index (κ3) is 3.91. The van der Waals surface area contributed by atoms with Crippen molar-refractivity contribution in [2.75, 3.05) is 0 Å². The second-order valence-corrected chi connectivity index (χ2v) is 5.53. The van der Waals surface area contributed by atoms with Crippen LogP contribution in [0.3, 0.4) is 0 Å². The lowest BCUT2D eigenvalue weighted by Crippen LogP contribution is -2.40. The quantitative estimate of drug-likeness (QED) is 0.880. The van der Waals surface area contributed by atoms with Crippen molar-refractivity contribution in [3.63, 3.8) is 0 Å². The van der Waals surface area contributed by atoms with Crippen LogP contribution in [0.2, 0.25) is 0 Å². The van der Waals surface area contributed by atoms with Crippen molar-refractivity contribution in [3.05, 3.63) is 58.3 Å². The summed E-state index contributed by atoms with van der Waals surface area (Å²) in [6.07, 6.45) is 0.778. The number of thiophene rings is 1. The summed E-state index contributed by atoms with van der Waals surface area (Å²) >= 11 is 1.65. The van der Waals surface area contributed by atoms with Crippen molar-refractivity contribution in [1.29, 1.82) is 0 Å². The lowest BCUT2D eigenvalue weighted by atomic mass is 10.0. The molecule has 1 aromatic heterocycles. The van der Waals surface area contributed by atoms with Crippen molar-refractivity contribution in [1.82, 2.24) is 5.32 Å². The smallest absolute Gasteiger partial charge is 0.237 e. The molecule has 0 aliphatic heterocycles. The number of hydrogen-bond acceptors (Lipinski definition) is 3. The second-order valence-electron chi connectivity index (χ2n) is 4.55. The van der Waals surface area contributed by atoms with E-state index >= 15 is 0 Å². The van der Waals surface area contributed by atoms with Gasteiger partial charge in [-0.05, 0) is 30.4 Å². The molecular formula is C15H18N2OS. The molecule has 1 aromatic carbocycles. The highest BCUT2D eigenvalue weighted by molar-refractivity contribution is 7.10. The molecule has 2 aromatic rings. The van der Waals surface area contributed by atoms with Gasteiger partial charge in [0.2, 0.25) is 5.91 Å². The second kappa shape index (κ2) is 6.50. The third-order valence-corrected chi connectivity index (χ3v) is 3.89. The van der Waals surface area contributed by atoms with Crippen molar-refractivity contribution in [2.45, 2.75) is 25.4 Å². The van der Waals surface area contributed by atoms with Gasteiger partial charge in [0, 0.05) is 4.88 Å². The Morgan fingerprint density at radius 1 is 1.26 bits per heavy atom. The summed E-state index contributed by atoms with van der Waals surface area (Å²) in [5, 5.41) is 5.03. The molecule has 1 heterocycles. The molecule has 0 fully saturated rings. The first-order valence-electron chi connectivity index (χ1n) is 6.30. The fraction of sp³-hybridized carbons (Fsp3) is 0.267. The van der Waals surface area contributed by atoms with Gasteiger partial charge in [-0.2, -0.15) is 0 Å². The van der Waals surface area contributed by atoms with Gasteiger partial charge in [-0.3, -0.25) is 4.79 Å². The fourth-order valence-corrected chi connectivity index (χ4v) is 2.64. The minimum atomic E-state index is -0.488. The molecule has 4 heteroatoms. The van der Waals surface area contributed by atoms with Crippen LogP contribution in [-0.2, 0) is 11.2 Å². The Morgan fingerprint density at radius 3 is 2.58 bits per heavy atom. The molecule has 0 spiro atoms. The summed E-state index contributed by atoms with van der Waals surface area (Å²) in [4.78, 5) is 13.0. The predicted octanol–water partition coefficient (Wildman–Crippen LogP) is 2.50. The zero-order valence-electron chi connectivity index (χ0n) is 10.9. The van der Waals surface area contributed by atoms with Gasteiger partial charge in [0.25, 0.3) is 0 Å². The largest absolute Gasteiger partial charge is 0.347 e. The van der Waals surface area contributed by atoms with Crippen molar-refractivity contribution in [3.8, 4) is 0 Å². The van der Waals surface area contributed by atoms with E-state index in [0.717, 1.165) is 11.3 Å². The predicted molar refractivity (Wildman–Crippen MR) is 79.0 cm³/mol. The minimum Gasteiger partial charge on any atom is -0.347 e. The first-order chi connectivity index (χ1) is 9.16. The molecule has 2 rings (SSSR count). The van der Waals surface area contributed by atoms with Crippen molar-refractivity contribution < 1.29 is 4.79 Å². The topological polar surface area (TPSA) is 55.1 Å². The molecule has 0 aliphatic carbocycles. The van der Waals surface area contributed by atoms with Crippen LogP contribution in [-0.4, -0.2) is 11.9 Å². The highest BCUT2D eigenvalue weighted by Crippen LogP contribution is 2.23. The molecule has 0 saturated carbocycles. The van der Waals surface area contributed by atoms with Crippen molar-refractivity contribution in [2.24, 2.45) is 5.73 Å². The van der Waals surface area contributed by atoms with Gasteiger partial charge in [-0.1, -0.05) is 36.4 Å². The molecule has 2 atom stereocenters. The molecule has 1 amide bonds. The van der Waals surface area contributed by atoms with E-state index < -0.39 is 6.04 Å². The Kier molecular flexibility index (Phi) is 4.71. The standard InChI is InChI=1S/C15H18N2OS/c1-11(16)15(18)17-13(14-8-5-9-19-14)10-12-6-3-2-4-7-12/h2-9,11,13H,10,16H2,1H3,(H,17,18)/t11-,13?/m0/s1. The maximum atomic E-state index is 11.8. The third-order valence-electron chi connectivity index (χ3n) is 2.90. The van der Waals surface area contributed by atoms with Gasteiger partial charge < -0.3 is 11.1 Å². The monoisotopic (exact) mass is 274 g/mol. The van der Waals surface area contributed by atoms with E-state index in [-0.39, 0.29) is 11.9 Å². The minimum absolute atomic E-state index is 0.0131. The van der Waals surface area contributed by atoms with Gasteiger partial charge in [0.15, 0.2) is 0 Å². The molecule has 3 N–H and O–H groups in total. The summed E-state index contributed by atoms with van der Waals surface area (Å²) in [5.41, 5.74) is 6.82.